The molecule has 1 aromatic rings. The first-order valence-corrected chi connectivity index (χ1v) is 7.14. The third kappa shape index (κ3) is 2.71. The minimum absolute atomic E-state index is 0.206. The first-order valence-electron chi connectivity index (χ1n) is 7.14. The van der Waals surface area contributed by atoms with Crippen molar-refractivity contribution in [2.45, 2.75) is 24.9 Å². The molecular weight excluding hydrogens is 272 g/mol. The molecule has 2 N–H and O–H groups in total. The lowest BCUT2D eigenvalue weighted by molar-refractivity contribution is -0.0211. The van der Waals surface area contributed by atoms with Crippen molar-refractivity contribution in [2.75, 3.05) is 24.5 Å². The number of amides is 1. The molecule has 0 bridgehead atoms. The van der Waals surface area contributed by atoms with Gasteiger partial charge in [-0.05, 0) is 43.7 Å². The van der Waals surface area contributed by atoms with Crippen LogP contribution in [0.2, 0.25) is 0 Å². The van der Waals surface area contributed by atoms with Crippen molar-refractivity contribution in [2.24, 2.45) is 0 Å². The molecule has 2 aliphatic heterocycles. The van der Waals surface area contributed by atoms with Gasteiger partial charge in [-0.1, -0.05) is 0 Å². The molecule has 1 spiro atoms. The summed E-state index contributed by atoms with van der Waals surface area (Å²) in [6, 6.07) is 6.28. The van der Waals surface area contributed by atoms with Crippen molar-refractivity contribution in [1.82, 2.24) is 5.32 Å². The summed E-state index contributed by atoms with van der Waals surface area (Å²) in [5, 5.41) is 12.2. The Morgan fingerprint density at radius 1 is 1.29 bits per heavy atom. The fourth-order valence-corrected chi connectivity index (χ4v) is 2.96. The van der Waals surface area contributed by atoms with Crippen molar-refractivity contribution >= 4 is 17.7 Å². The lowest BCUT2D eigenvalue weighted by atomic mass is 9.89. The quantitative estimate of drug-likeness (QED) is 0.869. The predicted molar refractivity (Wildman–Crippen MR) is 76.7 cm³/mol. The van der Waals surface area contributed by atoms with Gasteiger partial charge in [0.05, 0.1) is 5.56 Å². The fourth-order valence-electron chi connectivity index (χ4n) is 2.96. The van der Waals surface area contributed by atoms with Crippen LogP contribution in [-0.2, 0) is 4.74 Å². The van der Waals surface area contributed by atoms with Crippen molar-refractivity contribution in [3.8, 4) is 0 Å². The average molecular weight is 290 g/mol. The lowest BCUT2D eigenvalue weighted by Crippen LogP contribution is -2.56. The van der Waals surface area contributed by atoms with Gasteiger partial charge >= 0.3 is 12.1 Å². The summed E-state index contributed by atoms with van der Waals surface area (Å²) in [6.45, 7) is 2.27. The highest BCUT2D eigenvalue weighted by molar-refractivity contribution is 5.91. The van der Waals surface area contributed by atoms with Crippen LogP contribution >= 0.6 is 0 Å². The molecule has 2 aliphatic rings. The summed E-state index contributed by atoms with van der Waals surface area (Å²) < 4.78 is 5.67. The van der Waals surface area contributed by atoms with Crippen LogP contribution in [0.5, 0.6) is 0 Å². The van der Waals surface area contributed by atoms with Gasteiger partial charge in [0.15, 0.2) is 0 Å². The van der Waals surface area contributed by atoms with Crippen molar-refractivity contribution in [3.63, 3.8) is 0 Å². The van der Waals surface area contributed by atoms with Crippen LogP contribution in [-0.4, -0.2) is 42.4 Å². The number of nitrogens with zero attached hydrogens (tertiary/aromatic N) is 1. The molecule has 1 amide bonds. The van der Waals surface area contributed by atoms with Gasteiger partial charge in [0.1, 0.15) is 5.60 Å². The molecule has 2 saturated heterocycles. The monoisotopic (exact) mass is 290 g/mol. The maximum absolute atomic E-state index is 12.2. The van der Waals surface area contributed by atoms with Gasteiger partial charge in [-0.25, -0.2) is 9.59 Å². The number of piperidine rings is 1. The number of hydrogen-bond acceptors (Lipinski definition) is 4. The second-order valence-corrected chi connectivity index (χ2v) is 5.58. The van der Waals surface area contributed by atoms with Gasteiger partial charge in [-0.2, -0.15) is 0 Å². The highest BCUT2D eigenvalue weighted by atomic mass is 16.6. The van der Waals surface area contributed by atoms with E-state index in [1.54, 1.807) is 17.0 Å². The molecule has 6 nitrogen and oxygen atoms in total. The molecule has 0 aromatic heterocycles. The lowest BCUT2D eigenvalue weighted by Gasteiger charge is -2.43. The van der Waals surface area contributed by atoms with Gasteiger partial charge in [0, 0.05) is 25.2 Å². The van der Waals surface area contributed by atoms with Crippen LogP contribution in [0.1, 0.15) is 29.6 Å². The molecule has 2 heterocycles. The molecule has 112 valence electrons. The first-order chi connectivity index (χ1) is 10.1. The number of ether oxygens (including phenoxy) is 1. The van der Waals surface area contributed by atoms with Crippen molar-refractivity contribution in [3.05, 3.63) is 29.8 Å². The molecule has 1 unspecified atom stereocenters. The number of aromatic carboxylic acids is 1. The summed E-state index contributed by atoms with van der Waals surface area (Å²) in [4.78, 5) is 24.7. The van der Waals surface area contributed by atoms with Crippen LogP contribution < -0.4 is 10.2 Å². The third-order valence-electron chi connectivity index (χ3n) is 4.17. The van der Waals surface area contributed by atoms with Crippen LogP contribution in [0, 0.1) is 0 Å². The number of rotatable bonds is 2. The second-order valence-electron chi connectivity index (χ2n) is 5.58. The summed E-state index contributed by atoms with van der Waals surface area (Å²) in [5.74, 6) is -0.977. The van der Waals surface area contributed by atoms with Gasteiger partial charge < -0.3 is 15.2 Å². The van der Waals surface area contributed by atoms with E-state index in [9.17, 15) is 9.59 Å². The van der Waals surface area contributed by atoms with E-state index in [1.165, 1.54) is 12.1 Å². The summed E-state index contributed by atoms with van der Waals surface area (Å²) in [7, 11) is 0. The molecule has 1 atom stereocenters. The molecule has 2 fully saturated rings. The zero-order chi connectivity index (χ0) is 14.9. The Morgan fingerprint density at radius 2 is 2.05 bits per heavy atom. The van der Waals surface area contributed by atoms with Crippen LogP contribution in [0.4, 0.5) is 10.5 Å². The van der Waals surface area contributed by atoms with Gasteiger partial charge in [0.2, 0.25) is 0 Å². The maximum Gasteiger partial charge on any atom is 0.414 e. The molecule has 21 heavy (non-hydrogen) atoms. The average Bonchev–Trinajstić information content (AvgIpc) is 2.48. The standard InChI is InChI=1S/C15H18N2O4/c18-13(19)11-2-4-12(5-3-11)17-9-7-15(21-14(17)20)6-1-8-16-10-15/h2-5,16H,1,6-10H2,(H,18,19). The third-order valence-corrected chi connectivity index (χ3v) is 4.17. The zero-order valence-electron chi connectivity index (χ0n) is 11.7. The number of carbonyl (C=O) groups excluding carboxylic acids is 1. The Bertz CT molecular complexity index is 549. The Labute approximate surface area is 122 Å². The summed E-state index contributed by atoms with van der Waals surface area (Å²) >= 11 is 0. The van der Waals surface area contributed by atoms with Gasteiger partial charge in [-0.3, -0.25) is 4.90 Å². The molecule has 0 saturated carbocycles. The molecular formula is C15H18N2O4. The SMILES string of the molecule is O=C(O)c1ccc(N2CCC3(CCCNC3)OC2=O)cc1. The van der Waals surface area contributed by atoms with Crippen molar-refractivity contribution < 1.29 is 19.4 Å². The number of anilines is 1. The van der Waals surface area contributed by atoms with Crippen LogP contribution in [0.3, 0.4) is 0 Å². The highest BCUT2D eigenvalue weighted by Gasteiger charge is 2.41. The van der Waals surface area contributed by atoms with Gasteiger partial charge in [0.25, 0.3) is 0 Å². The number of hydrogen-bond donors (Lipinski definition) is 2. The topological polar surface area (TPSA) is 78.9 Å². The number of benzene rings is 1. The van der Waals surface area contributed by atoms with E-state index in [0.29, 0.717) is 18.8 Å². The largest absolute Gasteiger partial charge is 0.478 e. The predicted octanol–water partition coefficient (Wildman–Crippen LogP) is 1.85. The van der Waals surface area contributed by atoms with E-state index in [2.05, 4.69) is 5.32 Å². The second kappa shape index (κ2) is 5.37. The Balaban J connectivity index is 1.73. The number of nitrogens with one attached hydrogen (secondary N) is 1. The zero-order valence-corrected chi connectivity index (χ0v) is 11.7. The number of carboxylic acid groups (broad SMARTS) is 1. The van der Waals surface area contributed by atoms with E-state index < -0.39 is 5.97 Å². The summed E-state index contributed by atoms with van der Waals surface area (Å²) in [6.07, 6.45) is 2.35. The van der Waals surface area contributed by atoms with Gasteiger partial charge in [-0.15, -0.1) is 0 Å². The Hall–Kier alpha value is -2.08. The molecule has 3 rings (SSSR count). The molecule has 6 heteroatoms. The summed E-state index contributed by atoms with van der Waals surface area (Å²) in [5.41, 5.74) is 0.507. The molecule has 0 radical (unpaired) electrons. The van der Waals surface area contributed by atoms with Crippen LogP contribution in [0.25, 0.3) is 0 Å². The fraction of sp³-hybridized carbons (Fsp3) is 0.467. The van der Waals surface area contributed by atoms with E-state index in [0.717, 1.165) is 25.8 Å². The van der Waals surface area contributed by atoms with E-state index in [4.69, 9.17) is 9.84 Å². The smallest absolute Gasteiger partial charge is 0.414 e. The van der Waals surface area contributed by atoms with E-state index >= 15 is 0 Å². The van der Waals surface area contributed by atoms with E-state index in [1.807, 2.05) is 0 Å². The molecule has 1 aromatic carbocycles. The number of carboxylic acids is 1. The highest BCUT2D eigenvalue weighted by Crippen LogP contribution is 2.32. The number of carbonyl (C=O) groups is 2. The van der Waals surface area contributed by atoms with Crippen LogP contribution in [0.15, 0.2) is 24.3 Å². The Kier molecular flexibility index (Phi) is 3.55. The first kappa shape index (κ1) is 13.9. The molecule has 0 aliphatic carbocycles. The maximum atomic E-state index is 12.2. The normalized spacial score (nSPS) is 25.7. The van der Waals surface area contributed by atoms with E-state index in [-0.39, 0.29) is 17.3 Å². The van der Waals surface area contributed by atoms with Crippen molar-refractivity contribution in [1.29, 1.82) is 0 Å². The Morgan fingerprint density at radius 3 is 2.62 bits per heavy atom. The minimum Gasteiger partial charge on any atom is -0.478 e. The minimum atomic E-state index is -0.977.